The molecule has 290 valence electrons. The summed E-state index contributed by atoms with van der Waals surface area (Å²) in [6.45, 7) is 0. The van der Waals surface area contributed by atoms with Gasteiger partial charge in [-0.25, -0.2) is 9.97 Å². The fourth-order valence-corrected chi connectivity index (χ4v) is 9.33. The molecule has 0 N–H and O–H groups in total. The summed E-state index contributed by atoms with van der Waals surface area (Å²) in [5.74, 6) is 0.704. The van der Waals surface area contributed by atoms with Crippen LogP contribution in [0.2, 0.25) is 0 Å². The largest absolute Gasteiger partial charge is 0.309 e. The minimum Gasteiger partial charge on any atom is -0.309 e. The molecule has 62 heavy (non-hydrogen) atoms. The van der Waals surface area contributed by atoms with E-state index < -0.39 is 0 Å². The Balaban J connectivity index is 1.09. The molecule has 0 spiro atoms. The van der Waals surface area contributed by atoms with Crippen LogP contribution in [-0.4, -0.2) is 19.1 Å². The Labute approximate surface area is 359 Å². The lowest BCUT2D eigenvalue weighted by Crippen LogP contribution is -1.96. The second-order valence-electron chi connectivity index (χ2n) is 15.8. The molecule has 9 aromatic carbocycles. The quantitative estimate of drug-likeness (QED) is 0.161. The number of hydrogen-bond acceptors (Lipinski definition) is 2. The normalized spacial score (nSPS) is 11.5. The van der Waals surface area contributed by atoms with Crippen molar-refractivity contribution < 1.29 is 0 Å². The molecule has 0 amide bonds. The molecule has 0 radical (unpaired) electrons. The van der Waals surface area contributed by atoms with Gasteiger partial charge in [-0.1, -0.05) is 170 Å². The fraction of sp³-hybridized carbons (Fsp3) is 0. The average Bonchev–Trinajstić information content (AvgIpc) is 3.87. The van der Waals surface area contributed by atoms with Crippen molar-refractivity contribution in [2.24, 2.45) is 0 Å². The third kappa shape index (κ3) is 5.92. The molecule has 0 unspecified atom stereocenters. The van der Waals surface area contributed by atoms with Crippen molar-refractivity contribution >= 4 is 43.6 Å². The third-order valence-corrected chi connectivity index (χ3v) is 12.1. The lowest BCUT2D eigenvalue weighted by molar-refractivity contribution is 1.18. The van der Waals surface area contributed by atoms with Crippen LogP contribution in [0.25, 0.3) is 111 Å². The Bertz CT molecular complexity index is 3530. The van der Waals surface area contributed by atoms with Crippen molar-refractivity contribution in [2.75, 3.05) is 0 Å². The Kier molecular flexibility index (Phi) is 8.46. The summed E-state index contributed by atoms with van der Waals surface area (Å²) in [5.41, 5.74) is 16.5. The van der Waals surface area contributed by atoms with Crippen LogP contribution in [0.15, 0.2) is 231 Å². The van der Waals surface area contributed by atoms with E-state index in [-0.39, 0.29) is 0 Å². The molecule has 12 rings (SSSR count). The van der Waals surface area contributed by atoms with Crippen molar-refractivity contribution in [1.82, 2.24) is 19.1 Å². The van der Waals surface area contributed by atoms with Crippen molar-refractivity contribution in [3.05, 3.63) is 231 Å². The smallest absolute Gasteiger partial charge is 0.160 e. The van der Waals surface area contributed by atoms with Gasteiger partial charge in [-0.05, 0) is 82.9 Å². The highest BCUT2D eigenvalue weighted by atomic mass is 15.0. The second kappa shape index (κ2) is 14.7. The Morgan fingerprint density at radius 3 is 1.39 bits per heavy atom. The number of hydrogen-bond donors (Lipinski definition) is 0. The molecule has 0 aliphatic carbocycles. The zero-order valence-electron chi connectivity index (χ0n) is 33.7. The summed E-state index contributed by atoms with van der Waals surface area (Å²) < 4.78 is 4.78. The number of nitrogens with zero attached hydrogens (tertiary/aromatic N) is 4. The standard InChI is InChI=1S/C58H38N4/c1-5-17-39(18-6-1)50-38-51(60-58(59-50)42-19-7-2-8-20-42)40-29-31-41(32-30-40)56-46(34-36-55-57(56)48-26-14-16-28-53(48)62(55)45-23-11-4-12-24-45)43-33-35-54-49(37-43)47-25-13-15-27-52(47)61(54)44-21-9-3-10-22-44/h1-38H. The molecule has 0 saturated heterocycles. The molecule has 0 fully saturated rings. The Morgan fingerprint density at radius 1 is 0.290 bits per heavy atom. The highest BCUT2D eigenvalue weighted by Gasteiger charge is 2.22. The molecule has 12 aromatic rings. The van der Waals surface area contributed by atoms with Crippen molar-refractivity contribution in [2.45, 2.75) is 0 Å². The van der Waals surface area contributed by atoms with Gasteiger partial charge in [0.05, 0.1) is 33.5 Å². The SMILES string of the molecule is c1ccc(-c2cc(-c3ccc(-c4c(-c5ccc6c(c5)c5ccccc5n6-c5ccccc5)ccc5c4c4ccccc4n5-c4ccccc4)cc3)nc(-c3ccccc3)n2)cc1. The van der Waals surface area contributed by atoms with E-state index in [1.165, 1.54) is 54.8 Å². The van der Waals surface area contributed by atoms with E-state index >= 15 is 0 Å². The zero-order chi connectivity index (χ0) is 41.0. The van der Waals surface area contributed by atoms with Gasteiger partial charge in [0.25, 0.3) is 0 Å². The topological polar surface area (TPSA) is 35.6 Å². The summed E-state index contributed by atoms with van der Waals surface area (Å²) in [6.07, 6.45) is 0. The van der Waals surface area contributed by atoms with Crippen LogP contribution in [0.3, 0.4) is 0 Å². The van der Waals surface area contributed by atoms with Crippen LogP contribution in [0, 0.1) is 0 Å². The first-order valence-corrected chi connectivity index (χ1v) is 21.1. The first kappa shape index (κ1) is 35.6. The summed E-state index contributed by atoms with van der Waals surface area (Å²) in [5, 5.41) is 4.89. The maximum atomic E-state index is 5.16. The van der Waals surface area contributed by atoms with Gasteiger partial charge in [0, 0.05) is 49.6 Å². The second-order valence-corrected chi connectivity index (χ2v) is 15.8. The van der Waals surface area contributed by atoms with Gasteiger partial charge in [0.15, 0.2) is 5.82 Å². The van der Waals surface area contributed by atoms with E-state index in [0.29, 0.717) is 5.82 Å². The molecule has 3 heterocycles. The third-order valence-electron chi connectivity index (χ3n) is 12.1. The summed E-state index contributed by atoms with van der Waals surface area (Å²) in [4.78, 5) is 10.2. The average molecular weight is 791 g/mol. The fourth-order valence-electron chi connectivity index (χ4n) is 9.33. The first-order chi connectivity index (χ1) is 30.8. The van der Waals surface area contributed by atoms with E-state index in [1.54, 1.807) is 0 Å². The molecule has 4 heteroatoms. The maximum absolute atomic E-state index is 5.16. The number of rotatable bonds is 7. The molecule has 0 bridgehead atoms. The van der Waals surface area contributed by atoms with Gasteiger partial charge < -0.3 is 9.13 Å². The van der Waals surface area contributed by atoms with E-state index in [2.05, 4.69) is 215 Å². The van der Waals surface area contributed by atoms with Gasteiger partial charge in [-0.2, -0.15) is 0 Å². The van der Waals surface area contributed by atoms with Crippen molar-refractivity contribution in [1.29, 1.82) is 0 Å². The van der Waals surface area contributed by atoms with E-state index in [9.17, 15) is 0 Å². The van der Waals surface area contributed by atoms with Crippen molar-refractivity contribution in [3.63, 3.8) is 0 Å². The lowest BCUT2D eigenvalue weighted by atomic mass is 9.89. The molecule has 3 aromatic heterocycles. The predicted octanol–water partition coefficient (Wildman–Crippen LogP) is 15.0. The molecule has 0 aliphatic heterocycles. The summed E-state index contributed by atoms with van der Waals surface area (Å²) in [7, 11) is 0. The summed E-state index contributed by atoms with van der Waals surface area (Å²) in [6, 6.07) is 82.2. The van der Waals surface area contributed by atoms with Crippen LogP contribution in [0.4, 0.5) is 0 Å². The van der Waals surface area contributed by atoms with Gasteiger partial charge in [-0.3, -0.25) is 0 Å². The minimum atomic E-state index is 0.704. The van der Waals surface area contributed by atoms with Crippen LogP contribution in [0.5, 0.6) is 0 Å². The highest BCUT2D eigenvalue weighted by Crippen LogP contribution is 2.45. The maximum Gasteiger partial charge on any atom is 0.160 e. The molecule has 0 aliphatic rings. The van der Waals surface area contributed by atoms with Crippen LogP contribution in [0.1, 0.15) is 0 Å². The van der Waals surface area contributed by atoms with Gasteiger partial charge >= 0.3 is 0 Å². The van der Waals surface area contributed by atoms with E-state index in [4.69, 9.17) is 9.97 Å². The zero-order valence-corrected chi connectivity index (χ0v) is 33.7. The number of para-hydroxylation sites is 4. The van der Waals surface area contributed by atoms with Crippen LogP contribution in [-0.2, 0) is 0 Å². The minimum absolute atomic E-state index is 0.704. The lowest BCUT2D eigenvalue weighted by Gasteiger charge is -2.15. The molecule has 4 nitrogen and oxygen atoms in total. The molecular weight excluding hydrogens is 753 g/mol. The molecule has 0 saturated carbocycles. The van der Waals surface area contributed by atoms with Crippen LogP contribution < -0.4 is 0 Å². The molecular formula is C58H38N4. The number of aromatic nitrogens is 4. The van der Waals surface area contributed by atoms with Crippen molar-refractivity contribution in [3.8, 4) is 67.5 Å². The first-order valence-electron chi connectivity index (χ1n) is 21.1. The number of benzene rings is 9. The summed E-state index contributed by atoms with van der Waals surface area (Å²) >= 11 is 0. The highest BCUT2D eigenvalue weighted by molar-refractivity contribution is 6.19. The van der Waals surface area contributed by atoms with Gasteiger partial charge in [0.1, 0.15) is 0 Å². The van der Waals surface area contributed by atoms with E-state index in [1.807, 2.05) is 24.3 Å². The van der Waals surface area contributed by atoms with Gasteiger partial charge in [0.2, 0.25) is 0 Å². The monoisotopic (exact) mass is 790 g/mol. The Morgan fingerprint density at radius 2 is 0.742 bits per heavy atom. The van der Waals surface area contributed by atoms with Gasteiger partial charge in [-0.15, -0.1) is 0 Å². The predicted molar refractivity (Wildman–Crippen MR) is 258 cm³/mol. The van der Waals surface area contributed by atoms with E-state index in [0.717, 1.165) is 50.5 Å². The number of fused-ring (bicyclic) bond motifs is 6. The Hall–Kier alpha value is -8.34. The molecule has 0 atom stereocenters. The van der Waals surface area contributed by atoms with Crippen LogP contribution >= 0.6 is 0 Å².